The number of benzene rings is 4. The van der Waals surface area contributed by atoms with Crippen LogP contribution in [0.1, 0.15) is 203 Å². The number of rotatable bonds is 16. The van der Waals surface area contributed by atoms with Gasteiger partial charge < -0.3 is 109 Å². The van der Waals surface area contributed by atoms with Gasteiger partial charge in [-0.2, -0.15) is 0 Å². The summed E-state index contributed by atoms with van der Waals surface area (Å²) in [5.41, 5.74) is 26.7. The number of nitrogens with two attached hydrogens (primary N) is 4. The molecule has 4 aromatic heterocycles. The Morgan fingerprint density at radius 2 is 0.407 bits per heavy atom. The largest absolute Gasteiger partial charge is 2.00 e. The molecular formula is C70H96Br4N8O18P4Zn4. The van der Waals surface area contributed by atoms with Crippen LogP contribution in [0.25, 0.3) is 0 Å². The van der Waals surface area contributed by atoms with Crippen molar-refractivity contribution in [2.75, 3.05) is 37.2 Å². The van der Waals surface area contributed by atoms with Crippen LogP contribution >= 0.6 is 95.0 Å². The predicted octanol–water partition coefficient (Wildman–Crippen LogP) is 13.5. The minimum Gasteiger partial charge on any atom is -0.780 e. The van der Waals surface area contributed by atoms with Gasteiger partial charge in [-0.3, -0.25) is 0 Å². The molecule has 0 bridgehead atoms. The molecule has 0 aliphatic rings. The van der Waals surface area contributed by atoms with Crippen molar-refractivity contribution >= 4 is 118 Å². The van der Waals surface area contributed by atoms with Gasteiger partial charge in [0.2, 0.25) is 0 Å². The van der Waals surface area contributed by atoms with Crippen molar-refractivity contribution in [3.05, 3.63) is 209 Å². The average Bonchev–Trinajstić information content (AvgIpc) is 0.825. The Labute approximate surface area is 721 Å². The first-order chi connectivity index (χ1) is 48.0. The topological polar surface area (TPSA) is 486 Å². The van der Waals surface area contributed by atoms with Crippen LogP contribution in [0.5, 0.6) is 23.0 Å². The van der Waals surface area contributed by atoms with Crippen LogP contribution in [0.2, 0.25) is 0 Å². The number of aliphatic hydroxyl groups excluding tert-OH is 2. The molecular weight excluding hydrogens is 1950 g/mol. The number of halogens is 4. The second-order valence-electron chi connectivity index (χ2n) is 24.1. The van der Waals surface area contributed by atoms with Crippen LogP contribution in [0.3, 0.4) is 0 Å². The summed E-state index contributed by atoms with van der Waals surface area (Å²) in [5.74, 6) is 3.45. The van der Waals surface area contributed by atoms with Gasteiger partial charge in [0, 0.05) is 56.9 Å². The first-order valence-corrected chi connectivity index (χ1v) is 40.8. The Balaban J connectivity index is -0.000000280. The Hall–Kier alpha value is -3.19. The number of nitrogens with zero attached hydrogens (tertiary/aromatic N) is 4. The van der Waals surface area contributed by atoms with E-state index >= 15 is 0 Å². The first-order valence-electron chi connectivity index (χ1n) is 31.8. The molecule has 0 aliphatic heterocycles. The van der Waals surface area contributed by atoms with E-state index in [0.29, 0.717) is 67.8 Å². The number of phosphoric acid groups is 4. The number of aromatic nitrogens is 4. The normalized spacial score (nSPS) is 10.5. The molecule has 26 nitrogen and oxygen atoms in total. The quantitative estimate of drug-likeness (QED) is 0.0386. The van der Waals surface area contributed by atoms with Gasteiger partial charge in [0.05, 0.1) is 0 Å². The van der Waals surface area contributed by atoms with Crippen molar-refractivity contribution in [2.24, 2.45) is 0 Å². The van der Waals surface area contributed by atoms with E-state index in [1.807, 2.05) is 159 Å². The molecule has 0 spiro atoms. The monoisotopic (exact) mass is 2030 g/mol. The fourth-order valence-electron chi connectivity index (χ4n) is 8.35. The standard InChI is InChI=1S/4C12H18BrO4P.4C5H6N2.2CH4O.4Zn/c4*1-7(2)10-5-9(13)6-11(8(3)4)12(10)17-18(14,15)16;4*6-5-3-1-2-4-7-5;2*1-2;;;;/h4*5-8H,1-4H3,(H2,14,15,16);4*1-4H,(H2,6,7);2*2H,1H3;;;;/q;;;;;;;;;;4*+2/p-8. The third kappa shape index (κ3) is 50.8. The Morgan fingerprint density at radius 3 is 0.472 bits per heavy atom. The van der Waals surface area contributed by atoms with E-state index in [9.17, 15) is 57.4 Å². The number of phosphoric ester groups is 4. The molecule has 108 heavy (non-hydrogen) atoms. The van der Waals surface area contributed by atoms with Crippen molar-refractivity contribution in [1.29, 1.82) is 0 Å². The molecule has 0 amide bonds. The molecule has 0 aliphatic carbocycles. The van der Waals surface area contributed by atoms with E-state index in [0.717, 1.165) is 32.1 Å². The minimum absolute atomic E-state index is 0. The molecule has 38 heteroatoms. The summed E-state index contributed by atoms with van der Waals surface area (Å²) >= 11 is 13.5. The number of nitrogen functional groups attached to an aromatic ring is 4. The molecule has 0 saturated heterocycles. The fraction of sp³-hybridized carbons (Fsp3) is 0.371. The molecule has 8 rings (SSSR count). The molecule has 10 N–H and O–H groups in total. The summed E-state index contributed by atoms with van der Waals surface area (Å²) in [7, 11) is -18.2. The SMILES string of the molecule is CC(C)c1cc(Br)cc(C(C)C)c1OP(=O)([O-])[O-].CC(C)c1cc(Br)cc(C(C)C)c1OP(=O)([O-])[O-].CC(C)c1cc(Br)cc(C(C)C)c1OP(=O)([O-])[O-].CC(C)c1cc(Br)cc(C(C)C)c1OP(=O)([O-])[O-].CO.CO.Nc1ccccn1.Nc1ccccn1.Nc1ccccn1.Nc1ccccn1.[Zn+2].[Zn+2].[Zn+2].[Zn+2]. The van der Waals surface area contributed by atoms with Crippen LogP contribution in [-0.2, 0) is 96.2 Å². The zero-order valence-corrected chi connectivity index (χ0v) is 85.9. The molecule has 0 saturated carbocycles. The predicted molar refractivity (Wildman–Crippen MR) is 413 cm³/mol. The van der Waals surface area contributed by atoms with E-state index in [-0.39, 0.29) is 148 Å². The number of hydrogen-bond acceptors (Lipinski definition) is 26. The summed E-state index contributed by atoms with van der Waals surface area (Å²) in [6.07, 6.45) is 6.65. The first kappa shape index (κ1) is 116. The maximum atomic E-state index is 10.9. The van der Waals surface area contributed by atoms with Crippen molar-refractivity contribution < 1.29 is 164 Å². The van der Waals surface area contributed by atoms with Crippen LogP contribution in [0.15, 0.2) is 164 Å². The summed E-state index contributed by atoms with van der Waals surface area (Å²) in [6, 6.07) is 36.0. The van der Waals surface area contributed by atoms with Crippen LogP contribution in [0.4, 0.5) is 23.3 Å². The number of hydrogen-bond donors (Lipinski definition) is 6. The number of pyridine rings is 4. The van der Waals surface area contributed by atoms with Gasteiger partial charge in [0.1, 0.15) is 77.6 Å². The average molecular weight is 2040 g/mol. The fourth-order valence-corrected chi connectivity index (χ4v) is 12.1. The van der Waals surface area contributed by atoms with Crippen LogP contribution in [-0.4, -0.2) is 44.4 Å². The van der Waals surface area contributed by atoms with Crippen LogP contribution < -0.4 is 80.2 Å². The molecule has 4 aromatic carbocycles. The van der Waals surface area contributed by atoms with E-state index in [1.54, 1.807) is 97.6 Å². The van der Waals surface area contributed by atoms with Crippen molar-refractivity contribution in [3.63, 3.8) is 0 Å². The van der Waals surface area contributed by atoms with Gasteiger partial charge in [-0.15, -0.1) is 0 Å². The van der Waals surface area contributed by atoms with E-state index in [4.69, 9.17) is 33.1 Å². The van der Waals surface area contributed by atoms with Crippen molar-refractivity contribution in [1.82, 2.24) is 19.9 Å². The van der Waals surface area contributed by atoms with Gasteiger partial charge in [-0.25, -0.2) is 19.9 Å². The summed E-state index contributed by atoms with van der Waals surface area (Å²) < 4.78 is 65.5. The molecule has 4 heterocycles. The molecule has 0 fully saturated rings. The van der Waals surface area contributed by atoms with E-state index in [2.05, 4.69) is 102 Å². The van der Waals surface area contributed by atoms with Gasteiger partial charge >= 0.3 is 77.9 Å². The van der Waals surface area contributed by atoms with E-state index < -0.39 is 31.3 Å². The zero-order valence-electron chi connectivity index (χ0n) is 64.1. The third-order valence-corrected chi connectivity index (χ3v) is 16.4. The molecule has 0 unspecified atom stereocenters. The number of anilines is 4. The van der Waals surface area contributed by atoms with Gasteiger partial charge in [-0.1, -0.05) is 199 Å². The smallest absolute Gasteiger partial charge is 0.780 e. The minimum atomic E-state index is -5.05. The molecule has 0 atom stereocenters. The maximum Gasteiger partial charge on any atom is 2.00 e. The third-order valence-electron chi connectivity index (χ3n) is 13.0. The molecule has 0 radical (unpaired) electrons. The maximum absolute atomic E-state index is 10.9. The summed E-state index contributed by atoms with van der Waals surface area (Å²) in [5, 5.41) is 14.0. The Bertz CT molecular complexity index is 3350. The van der Waals surface area contributed by atoms with Gasteiger partial charge in [0.15, 0.2) is 0 Å². The van der Waals surface area contributed by atoms with E-state index in [1.165, 1.54) is 0 Å². The zero-order chi connectivity index (χ0) is 80.8. The molecule has 580 valence electrons. The van der Waals surface area contributed by atoms with Crippen molar-refractivity contribution in [2.45, 2.75) is 158 Å². The second-order valence-corrected chi connectivity index (χ2v) is 32.0. The Morgan fingerprint density at radius 1 is 0.287 bits per heavy atom. The van der Waals surface area contributed by atoms with Crippen molar-refractivity contribution in [3.8, 4) is 23.0 Å². The summed E-state index contributed by atoms with van der Waals surface area (Å²) in [4.78, 5) is 102. The molecule has 8 aromatic rings. The summed E-state index contributed by atoms with van der Waals surface area (Å²) in [6.45, 7) is 30.7. The Kier molecular flexibility index (Phi) is 62.8. The number of aliphatic hydroxyl groups is 2. The van der Waals surface area contributed by atoms with Crippen LogP contribution in [0, 0.1) is 0 Å². The second kappa shape index (κ2) is 58.6. The van der Waals surface area contributed by atoms with Gasteiger partial charge in [0.25, 0.3) is 0 Å². The van der Waals surface area contributed by atoms with Gasteiger partial charge in [-0.05, 0) is 189 Å².